The molecule has 0 spiro atoms. The molecule has 0 heterocycles. The van der Waals surface area contributed by atoms with Crippen LogP contribution in [0.3, 0.4) is 0 Å². The van der Waals surface area contributed by atoms with Gasteiger partial charge in [-0.1, -0.05) is 117 Å². The van der Waals surface area contributed by atoms with E-state index in [1.54, 1.807) is 0 Å². The summed E-state index contributed by atoms with van der Waals surface area (Å²) in [7, 11) is 3.09. The van der Waals surface area contributed by atoms with E-state index in [9.17, 15) is 0 Å². The van der Waals surface area contributed by atoms with E-state index in [0.717, 1.165) is 25.7 Å². The predicted molar refractivity (Wildman–Crippen MR) is 139 cm³/mol. The van der Waals surface area contributed by atoms with Crippen LogP contribution in [0.4, 0.5) is 0 Å². The Labute approximate surface area is 177 Å². The number of hydrogen-bond donors (Lipinski definition) is 0. The summed E-state index contributed by atoms with van der Waals surface area (Å²) in [4.78, 5) is 0. The molecule has 28 heavy (non-hydrogen) atoms. The molecule has 0 aliphatic rings. The largest absolute Gasteiger partial charge is 0.106 e. The smallest absolute Gasteiger partial charge is 0.0271 e. The zero-order valence-electron chi connectivity index (χ0n) is 16.4. The molecular weight excluding hydrogens is 412 g/mol. The Hall–Kier alpha value is -0.620. The number of hydrogen-bond acceptors (Lipinski definition) is 0. The summed E-state index contributed by atoms with van der Waals surface area (Å²) in [5.74, 6) is 0. The van der Waals surface area contributed by atoms with E-state index in [1.165, 1.54) is 52.9 Å². The lowest BCUT2D eigenvalue weighted by molar-refractivity contribution is 1.37. The zero-order chi connectivity index (χ0) is 19.3. The second kappa shape index (κ2) is 13.6. The van der Waals surface area contributed by atoms with Crippen LogP contribution >= 0.6 is 33.7 Å². The van der Waals surface area contributed by atoms with E-state index >= 15 is 0 Å². The summed E-state index contributed by atoms with van der Waals surface area (Å²) >= 11 is 0. The Morgan fingerprint density at radius 3 is 1.00 bits per heavy atom. The molecule has 146 valence electrons. The topological polar surface area (TPSA) is 0 Å². The van der Waals surface area contributed by atoms with Gasteiger partial charge in [-0.15, -0.1) is 7.92 Å². The molecule has 3 aromatic carbocycles. The van der Waals surface area contributed by atoms with Gasteiger partial charge in [-0.05, 0) is 52.9 Å². The lowest BCUT2D eigenvalue weighted by Gasteiger charge is -2.18. The molecule has 0 amide bonds. The molecule has 3 atom stereocenters. The first-order valence-electron chi connectivity index (χ1n) is 9.99. The van der Waals surface area contributed by atoms with Crippen molar-refractivity contribution in [1.82, 2.24) is 0 Å². The molecule has 0 aliphatic heterocycles. The molecule has 0 aliphatic carbocycles. The molecule has 0 saturated heterocycles. The Kier molecular flexibility index (Phi) is 10.7. The average Bonchev–Trinajstić information content (AvgIpc) is 2.76. The van der Waals surface area contributed by atoms with E-state index in [4.69, 9.17) is 0 Å². The lowest BCUT2D eigenvalue weighted by Crippen LogP contribution is -2.05. The monoisotopic (exact) mass is 442 g/mol. The maximum absolute atomic E-state index is 2.29. The van der Waals surface area contributed by atoms with Crippen molar-refractivity contribution in [2.24, 2.45) is 0 Å². The minimum Gasteiger partial charge on any atom is -0.106 e. The zero-order valence-corrected chi connectivity index (χ0v) is 20.2. The van der Waals surface area contributed by atoms with Gasteiger partial charge in [-0.2, -0.15) is 0 Å². The molecular formula is C24H30P4. The molecule has 0 radical (unpaired) electrons. The number of rotatable bonds is 12. The maximum atomic E-state index is 2.29. The second-order valence-electron chi connectivity index (χ2n) is 6.72. The van der Waals surface area contributed by atoms with Crippen LogP contribution in [0, 0.1) is 0 Å². The van der Waals surface area contributed by atoms with Crippen molar-refractivity contribution in [1.29, 1.82) is 0 Å². The fourth-order valence-corrected chi connectivity index (χ4v) is 11.0. The normalized spacial score (nSPS) is 13.3. The van der Waals surface area contributed by atoms with Crippen molar-refractivity contribution < 1.29 is 0 Å². The predicted octanol–water partition coefficient (Wildman–Crippen LogP) is 5.48. The van der Waals surface area contributed by atoms with E-state index < -0.39 is 0 Å². The molecule has 0 fully saturated rings. The summed E-state index contributed by atoms with van der Waals surface area (Å²) in [6.07, 6.45) is 8.46. The lowest BCUT2D eigenvalue weighted by atomic mass is 10.4. The molecule has 0 saturated carbocycles. The maximum Gasteiger partial charge on any atom is -0.0271 e. The first-order valence-corrected chi connectivity index (χ1v) is 15.5. The van der Waals surface area contributed by atoms with Crippen LogP contribution in [0.5, 0.6) is 0 Å². The first kappa shape index (κ1) is 22.1. The summed E-state index contributed by atoms with van der Waals surface area (Å²) < 4.78 is 0. The number of benzene rings is 3. The summed E-state index contributed by atoms with van der Waals surface area (Å²) in [5, 5.41) is 4.57. The summed E-state index contributed by atoms with van der Waals surface area (Å²) in [6.45, 7) is 0. The summed E-state index contributed by atoms with van der Waals surface area (Å²) in [6, 6.07) is 33.1. The van der Waals surface area contributed by atoms with Gasteiger partial charge < -0.3 is 0 Å². The Balaban J connectivity index is 1.44. The quantitative estimate of drug-likeness (QED) is 0.326. The fraction of sp³-hybridized carbons (Fsp3) is 0.250. The fourth-order valence-electron chi connectivity index (χ4n) is 3.08. The van der Waals surface area contributed by atoms with Gasteiger partial charge in [-0.3, -0.25) is 0 Å². The highest BCUT2D eigenvalue weighted by molar-refractivity contribution is 7.61. The van der Waals surface area contributed by atoms with Crippen LogP contribution in [0.1, 0.15) is 0 Å². The molecule has 3 unspecified atom stereocenters. The van der Waals surface area contributed by atoms with Gasteiger partial charge in [0.1, 0.15) is 0 Å². The van der Waals surface area contributed by atoms with Gasteiger partial charge in [0.25, 0.3) is 0 Å². The highest BCUT2D eigenvalue weighted by Gasteiger charge is 2.09. The van der Waals surface area contributed by atoms with E-state index in [1.807, 2.05) is 0 Å². The summed E-state index contributed by atoms with van der Waals surface area (Å²) in [5.41, 5.74) is 0. The minimum absolute atomic E-state index is 0.171. The van der Waals surface area contributed by atoms with Gasteiger partial charge in [-0.25, -0.2) is 0 Å². The van der Waals surface area contributed by atoms with Gasteiger partial charge in [0.2, 0.25) is 0 Å². The highest BCUT2D eigenvalue weighted by atomic mass is 31.1. The first-order chi connectivity index (χ1) is 13.9. The highest BCUT2D eigenvalue weighted by Crippen LogP contribution is 2.39. The third-order valence-electron chi connectivity index (χ3n) is 4.59. The molecule has 0 aromatic heterocycles. The Bertz CT molecular complexity index is 654. The van der Waals surface area contributed by atoms with Gasteiger partial charge >= 0.3 is 0 Å². The SMILES string of the molecule is c1ccc(PCCP(CCPc2ccccc2)CCPc2ccccc2)cc1. The van der Waals surface area contributed by atoms with Crippen molar-refractivity contribution in [3.63, 3.8) is 0 Å². The third kappa shape index (κ3) is 8.81. The van der Waals surface area contributed by atoms with Crippen LogP contribution in [0.15, 0.2) is 91.0 Å². The van der Waals surface area contributed by atoms with Crippen LogP contribution in [0.25, 0.3) is 0 Å². The average molecular weight is 442 g/mol. The molecule has 4 heteroatoms. The van der Waals surface area contributed by atoms with Gasteiger partial charge in [0.05, 0.1) is 0 Å². The van der Waals surface area contributed by atoms with E-state index in [-0.39, 0.29) is 7.92 Å². The molecule has 0 bridgehead atoms. The third-order valence-corrected chi connectivity index (χ3v) is 12.1. The molecule has 3 rings (SSSR count). The minimum atomic E-state index is 0.171. The van der Waals surface area contributed by atoms with Crippen molar-refractivity contribution in [3.8, 4) is 0 Å². The second-order valence-corrected chi connectivity index (χ2v) is 13.7. The van der Waals surface area contributed by atoms with Gasteiger partial charge in [0.15, 0.2) is 0 Å². The Morgan fingerprint density at radius 2 is 0.714 bits per heavy atom. The van der Waals surface area contributed by atoms with Crippen molar-refractivity contribution in [2.75, 3.05) is 37.0 Å². The standard InChI is InChI=1S/C24H30P4/c1-4-10-22(11-5-1)25-16-19-28(20-17-26-23-12-6-2-7-13-23)21-18-27-24-14-8-3-9-15-24/h1-15,25-27H,16-21H2. The van der Waals surface area contributed by atoms with Crippen molar-refractivity contribution in [2.45, 2.75) is 0 Å². The Morgan fingerprint density at radius 1 is 0.429 bits per heavy atom. The van der Waals surface area contributed by atoms with Crippen molar-refractivity contribution >= 4 is 49.6 Å². The molecule has 3 aromatic rings. The van der Waals surface area contributed by atoms with Crippen molar-refractivity contribution in [3.05, 3.63) is 91.0 Å². The van der Waals surface area contributed by atoms with Crippen LogP contribution in [-0.4, -0.2) is 37.0 Å². The van der Waals surface area contributed by atoms with E-state index in [2.05, 4.69) is 91.0 Å². The van der Waals surface area contributed by atoms with E-state index in [0.29, 0.717) is 0 Å². The van der Waals surface area contributed by atoms with Crippen LogP contribution < -0.4 is 15.9 Å². The van der Waals surface area contributed by atoms with Crippen LogP contribution in [0.2, 0.25) is 0 Å². The molecule has 0 nitrogen and oxygen atoms in total. The van der Waals surface area contributed by atoms with Crippen LogP contribution in [-0.2, 0) is 0 Å². The van der Waals surface area contributed by atoms with Gasteiger partial charge in [0, 0.05) is 0 Å². The molecule has 0 N–H and O–H groups in total.